The molecule has 2 rings (SSSR count). The summed E-state index contributed by atoms with van der Waals surface area (Å²) in [7, 11) is 0. The van der Waals surface area contributed by atoms with Crippen LogP contribution in [-0.2, 0) is 4.79 Å². The van der Waals surface area contributed by atoms with Crippen LogP contribution in [0.15, 0.2) is 21.5 Å². The first-order valence-electron chi connectivity index (χ1n) is 6.32. The molecule has 1 aliphatic rings. The molecular formula is C13H15BrN2O4. The monoisotopic (exact) mass is 342 g/mol. The molecule has 1 saturated carbocycles. The third-order valence-electron chi connectivity index (χ3n) is 3.25. The summed E-state index contributed by atoms with van der Waals surface area (Å²) in [5.74, 6) is -1.80. The maximum absolute atomic E-state index is 12.4. The van der Waals surface area contributed by atoms with Gasteiger partial charge in [-0.05, 0) is 34.8 Å². The van der Waals surface area contributed by atoms with Crippen molar-refractivity contribution in [1.82, 2.24) is 9.88 Å². The molecule has 1 aliphatic carbocycles. The van der Waals surface area contributed by atoms with Gasteiger partial charge in [0.2, 0.25) is 0 Å². The molecule has 1 aromatic rings. The van der Waals surface area contributed by atoms with Crippen molar-refractivity contribution in [3.05, 3.63) is 32.7 Å². The molecule has 2 N–H and O–H groups in total. The van der Waals surface area contributed by atoms with Crippen molar-refractivity contribution in [1.29, 1.82) is 0 Å². The number of hydrogen-bond donors (Lipinski definition) is 2. The molecule has 0 aliphatic heterocycles. The van der Waals surface area contributed by atoms with Gasteiger partial charge in [-0.3, -0.25) is 14.4 Å². The molecule has 6 nitrogen and oxygen atoms in total. The third kappa shape index (κ3) is 3.27. The quantitative estimate of drug-likeness (QED) is 0.847. The van der Waals surface area contributed by atoms with Crippen molar-refractivity contribution in [2.75, 3.05) is 6.54 Å². The number of H-pyrrole nitrogens is 1. The Kier molecular flexibility index (Phi) is 4.27. The lowest BCUT2D eigenvalue weighted by Gasteiger charge is -2.24. The second kappa shape index (κ2) is 5.78. The van der Waals surface area contributed by atoms with Gasteiger partial charge in [0, 0.05) is 18.8 Å². The molecule has 0 spiro atoms. The van der Waals surface area contributed by atoms with Crippen molar-refractivity contribution in [3.8, 4) is 0 Å². The van der Waals surface area contributed by atoms with Crippen LogP contribution in [0.2, 0.25) is 0 Å². The summed E-state index contributed by atoms with van der Waals surface area (Å²) in [6.07, 6.45) is 3.14. The lowest BCUT2D eigenvalue weighted by atomic mass is 10.1. The summed E-state index contributed by atoms with van der Waals surface area (Å²) in [6, 6.07) is 1.57. The topological polar surface area (TPSA) is 90.5 Å². The van der Waals surface area contributed by atoms with E-state index in [0.717, 1.165) is 12.8 Å². The van der Waals surface area contributed by atoms with Crippen molar-refractivity contribution >= 4 is 27.8 Å². The SMILES string of the molecule is C[C@H](CN(C(=O)c1c[nH]c(=O)c(Br)c1)C1CC1)C(=O)O. The van der Waals surface area contributed by atoms with Gasteiger partial charge in [0.25, 0.3) is 11.5 Å². The van der Waals surface area contributed by atoms with Crippen LogP contribution in [0, 0.1) is 5.92 Å². The fourth-order valence-corrected chi connectivity index (χ4v) is 2.26. The largest absolute Gasteiger partial charge is 0.481 e. The van der Waals surface area contributed by atoms with E-state index in [1.807, 2.05) is 0 Å². The van der Waals surface area contributed by atoms with E-state index in [1.54, 1.807) is 11.8 Å². The number of carboxylic acid groups (broad SMARTS) is 1. The number of nitrogens with one attached hydrogen (secondary N) is 1. The number of hydrogen-bond acceptors (Lipinski definition) is 3. The Bertz CT molecular complexity index is 594. The molecule has 1 aromatic heterocycles. The number of aromatic amines is 1. The highest BCUT2D eigenvalue weighted by atomic mass is 79.9. The summed E-state index contributed by atoms with van der Waals surface area (Å²) in [5, 5.41) is 8.97. The second-order valence-corrected chi connectivity index (χ2v) is 5.85. The van der Waals surface area contributed by atoms with Gasteiger partial charge >= 0.3 is 5.97 Å². The molecule has 1 fully saturated rings. The van der Waals surface area contributed by atoms with Crippen LogP contribution in [0.4, 0.5) is 0 Å². The number of amides is 1. The maximum Gasteiger partial charge on any atom is 0.308 e. The number of aromatic nitrogens is 1. The Balaban J connectivity index is 2.20. The number of halogens is 1. The molecule has 1 amide bonds. The Hall–Kier alpha value is -1.63. The van der Waals surface area contributed by atoms with Gasteiger partial charge < -0.3 is 15.0 Å². The second-order valence-electron chi connectivity index (χ2n) is 4.99. The minimum atomic E-state index is -0.925. The lowest BCUT2D eigenvalue weighted by molar-refractivity contribution is -0.141. The van der Waals surface area contributed by atoms with Crippen LogP contribution in [0.5, 0.6) is 0 Å². The summed E-state index contributed by atoms with van der Waals surface area (Å²) < 4.78 is 0.283. The van der Waals surface area contributed by atoms with Gasteiger partial charge in [0.15, 0.2) is 0 Å². The zero-order valence-electron chi connectivity index (χ0n) is 10.9. The van der Waals surface area contributed by atoms with Crippen molar-refractivity contribution in [3.63, 3.8) is 0 Å². The number of carbonyl (C=O) groups excluding carboxylic acids is 1. The van der Waals surface area contributed by atoms with Gasteiger partial charge in [0.05, 0.1) is 16.0 Å². The van der Waals surface area contributed by atoms with Crippen LogP contribution >= 0.6 is 15.9 Å². The van der Waals surface area contributed by atoms with E-state index in [4.69, 9.17) is 5.11 Å². The fraction of sp³-hybridized carbons (Fsp3) is 0.462. The molecule has 1 atom stereocenters. The Morgan fingerprint density at radius 2 is 2.20 bits per heavy atom. The predicted octanol–water partition coefficient (Wildman–Crippen LogP) is 1.46. The Morgan fingerprint density at radius 1 is 1.55 bits per heavy atom. The highest BCUT2D eigenvalue weighted by Gasteiger charge is 2.35. The summed E-state index contributed by atoms with van der Waals surface area (Å²) in [4.78, 5) is 38.7. The standard InChI is InChI=1S/C13H15BrN2O4/c1-7(13(19)20)6-16(9-2-3-9)12(18)8-4-10(14)11(17)15-5-8/h4-5,7,9H,2-3,6H2,1H3,(H,15,17)(H,19,20)/t7-/m1/s1. The van der Waals surface area contributed by atoms with Gasteiger partial charge in [0.1, 0.15) is 0 Å². The van der Waals surface area contributed by atoms with Crippen LogP contribution in [0.25, 0.3) is 0 Å². The average molecular weight is 343 g/mol. The van der Waals surface area contributed by atoms with Crippen molar-refractivity contribution < 1.29 is 14.7 Å². The van der Waals surface area contributed by atoms with Crippen LogP contribution in [-0.4, -0.2) is 39.5 Å². The normalized spacial score (nSPS) is 15.7. The van der Waals surface area contributed by atoms with E-state index in [9.17, 15) is 14.4 Å². The predicted molar refractivity (Wildman–Crippen MR) is 75.6 cm³/mol. The minimum absolute atomic E-state index is 0.106. The van der Waals surface area contributed by atoms with Crippen LogP contribution in [0.3, 0.4) is 0 Å². The van der Waals surface area contributed by atoms with Gasteiger partial charge in [-0.25, -0.2) is 0 Å². The number of rotatable bonds is 5. The summed E-state index contributed by atoms with van der Waals surface area (Å²) in [5.41, 5.74) is 0.0411. The molecule has 0 unspecified atom stereocenters. The first kappa shape index (κ1) is 14.8. The van der Waals surface area contributed by atoms with E-state index < -0.39 is 11.9 Å². The van der Waals surface area contributed by atoms with Gasteiger partial charge in [-0.15, -0.1) is 0 Å². The average Bonchev–Trinajstić information content (AvgIpc) is 3.22. The fourth-order valence-electron chi connectivity index (χ4n) is 1.90. The molecule has 108 valence electrons. The number of carboxylic acids is 1. The molecule has 0 aromatic carbocycles. The van der Waals surface area contributed by atoms with Crippen LogP contribution in [0.1, 0.15) is 30.1 Å². The Labute approximate surface area is 123 Å². The summed E-state index contributed by atoms with van der Waals surface area (Å²) in [6.45, 7) is 1.75. The van der Waals surface area contributed by atoms with E-state index >= 15 is 0 Å². The zero-order valence-corrected chi connectivity index (χ0v) is 12.5. The van der Waals surface area contributed by atoms with Crippen LogP contribution < -0.4 is 5.56 Å². The van der Waals surface area contributed by atoms with Crippen molar-refractivity contribution in [2.24, 2.45) is 5.92 Å². The molecule has 1 heterocycles. The first-order valence-corrected chi connectivity index (χ1v) is 7.11. The number of nitrogens with zero attached hydrogens (tertiary/aromatic N) is 1. The lowest BCUT2D eigenvalue weighted by Crippen LogP contribution is -2.38. The summed E-state index contributed by atoms with van der Waals surface area (Å²) >= 11 is 3.08. The van der Waals surface area contributed by atoms with E-state index in [2.05, 4.69) is 20.9 Å². The highest BCUT2D eigenvalue weighted by Crippen LogP contribution is 2.29. The Morgan fingerprint density at radius 3 is 2.70 bits per heavy atom. The molecular weight excluding hydrogens is 328 g/mol. The molecule has 7 heteroatoms. The van der Waals surface area contributed by atoms with E-state index in [1.165, 1.54) is 12.3 Å². The first-order chi connectivity index (χ1) is 9.40. The maximum atomic E-state index is 12.4. The van der Waals surface area contributed by atoms with Crippen molar-refractivity contribution in [2.45, 2.75) is 25.8 Å². The third-order valence-corrected chi connectivity index (χ3v) is 3.83. The molecule has 0 radical (unpaired) electrons. The van der Waals surface area contributed by atoms with Gasteiger partial charge in [-0.1, -0.05) is 6.92 Å². The molecule has 0 bridgehead atoms. The van der Waals surface area contributed by atoms with Gasteiger partial charge in [-0.2, -0.15) is 0 Å². The van der Waals surface area contributed by atoms with E-state index in [-0.39, 0.29) is 28.5 Å². The molecule has 20 heavy (non-hydrogen) atoms. The smallest absolute Gasteiger partial charge is 0.308 e. The minimum Gasteiger partial charge on any atom is -0.481 e. The number of aliphatic carboxylic acids is 1. The molecule has 0 saturated heterocycles. The highest BCUT2D eigenvalue weighted by molar-refractivity contribution is 9.10. The number of pyridine rings is 1. The zero-order chi connectivity index (χ0) is 14.9. The van der Waals surface area contributed by atoms with E-state index in [0.29, 0.717) is 5.56 Å². The number of carbonyl (C=O) groups is 2.